The fraction of sp³-hybridized carbons (Fsp3) is 0.417. The topological polar surface area (TPSA) is 43.6 Å². The van der Waals surface area contributed by atoms with E-state index >= 15 is 0 Å². The molecule has 3 rings (SSSR count). The highest BCUT2D eigenvalue weighted by atomic mass is 79.9. The van der Waals surface area contributed by atoms with Crippen LogP contribution in [0, 0.1) is 6.92 Å². The molecule has 2 aromatic rings. The molecule has 6 heteroatoms. The van der Waals surface area contributed by atoms with Gasteiger partial charge in [0.15, 0.2) is 5.82 Å². The summed E-state index contributed by atoms with van der Waals surface area (Å²) in [6, 6.07) is 0. The molecule has 0 aromatic carbocycles. The summed E-state index contributed by atoms with van der Waals surface area (Å²) in [5.74, 6) is 1.19. The van der Waals surface area contributed by atoms with Crippen molar-refractivity contribution in [1.82, 2.24) is 19.7 Å². The lowest BCUT2D eigenvalue weighted by Gasteiger charge is -2.07. The summed E-state index contributed by atoms with van der Waals surface area (Å²) in [6.45, 7) is 2.00. The lowest BCUT2D eigenvalue weighted by atomic mass is 10.2. The van der Waals surface area contributed by atoms with Crippen LogP contribution < -0.4 is 0 Å². The summed E-state index contributed by atoms with van der Waals surface area (Å²) in [7, 11) is 1.90. The third-order valence-corrected chi connectivity index (χ3v) is 4.56. The Bertz CT molecular complexity index is 619. The highest BCUT2D eigenvalue weighted by Gasteiger charge is 2.29. The van der Waals surface area contributed by atoms with Crippen molar-refractivity contribution in [2.24, 2.45) is 7.05 Å². The number of aromatic nitrogens is 4. The first-order valence-electron chi connectivity index (χ1n) is 5.80. The molecule has 4 nitrogen and oxygen atoms in total. The zero-order chi connectivity index (χ0) is 12.9. The summed E-state index contributed by atoms with van der Waals surface area (Å²) >= 11 is 9.65. The molecule has 0 N–H and O–H groups in total. The Morgan fingerprint density at radius 3 is 2.67 bits per heavy atom. The molecule has 0 saturated heterocycles. The second-order valence-electron chi connectivity index (χ2n) is 4.58. The highest BCUT2D eigenvalue weighted by molar-refractivity contribution is 9.10. The van der Waals surface area contributed by atoms with E-state index in [0.717, 1.165) is 21.4 Å². The van der Waals surface area contributed by atoms with E-state index in [-0.39, 0.29) is 0 Å². The zero-order valence-corrected chi connectivity index (χ0v) is 12.5. The first kappa shape index (κ1) is 12.1. The van der Waals surface area contributed by atoms with E-state index in [0.29, 0.717) is 16.9 Å². The van der Waals surface area contributed by atoms with Crippen LogP contribution in [-0.2, 0) is 7.05 Å². The van der Waals surface area contributed by atoms with E-state index in [1.165, 1.54) is 12.8 Å². The minimum Gasteiger partial charge on any atom is -0.272 e. The van der Waals surface area contributed by atoms with Crippen molar-refractivity contribution in [3.05, 3.63) is 27.2 Å². The molecule has 2 heterocycles. The number of halogens is 2. The van der Waals surface area contributed by atoms with Crippen LogP contribution >= 0.6 is 27.5 Å². The number of rotatable bonds is 2. The Morgan fingerprint density at radius 2 is 2.11 bits per heavy atom. The van der Waals surface area contributed by atoms with Gasteiger partial charge in [-0.15, -0.1) is 0 Å². The first-order chi connectivity index (χ1) is 8.58. The molecule has 0 radical (unpaired) electrons. The molecule has 0 bridgehead atoms. The van der Waals surface area contributed by atoms with Gasteiger partial charge in [0.05, 0.1) is 21.9 Å². The molecule has 94 valence electrons. The van der Waals surface area contributed by atoms with Gasteiger partial charge in [0.1, 0.15) is 5.15 Å². The first-order valence-corrected chi connectivity index (χ1v) is 6.97. The average Bonchev–Trinajstić information content (AvgIpc) is 3.12. The van der Waals surface area contributed by atoms with Crippen molar-refractivity contribution in [1.29, 1.82) is 0 Å². The fourth-order valence-electron chi connectivity index (χ4n) is 1.90. The molecule has 0 amide bonds. The van der Waals surface area contributed by atoms with Crippen LogP contribution in [0.25, 0.3) is 11.4 Å². The van der Waals surface area contributed by atoms with Gasteiger partial charge in [0.25, 0.3) is 0 Å². The second-order valence-corrected chi connectivity index (χ2v) is 5.73. The maximum atomic E-state index is 6.17. The molecule has 1 aliphatic rings. The van der Waals surface area contributed by atoms with Gasteiger partial charge in [-0.2, -0.15) is 5.10 Å². The van der Waals surface area contributed by atoms with E-state index in [1.54, 1.807) is 6.20 Å². The summed E-state index contributed by atoms with van der Waals surface area (Å²) < 4.78 is 2.64. The van der Waals surface area contributed by atoms with Crippen molar-refractivity contribution < 1.29 is 0 Å². The Kier molecular flexibility index (Phi) is 2.90. The van der Waals surface area contributed by atoms with Crippen LogP contribution in [0.1, 0.15) is 30.1 Å². The molecular weight excluding hydrogens is 316 g/mol. The zero-order valence-electron chi connectivity index (χ0n) is 10.1. The van der Waals surface area contributed by atoms with Crippen molar-refractivity contribution in [2.75, 3.05) is 0 Å². The van der Waals surface area contributed by atoms with Crippen LogP contribution in [0.2, 0.25) is 5.15 Å². The van der Waals surface area contributed by atoms with E-state index < -0.39 is 0 Å². The van der Waals surface area contributed by atoms with Gasteiger partial charge in [-0.05, 0) is 35.7 Å². The van der Waals surface area contributed by atoms with Gasteiger partial charge < -0.3 is 0 Å². The molecule has 0 spiro atoms. The molecule has 0 aliphatic heterocycles. The maximum Gasteiger partial charge on any atom is 0.164 e. The van der Waals surface area contributed by atoms with Crippen molar-refractivity contribution >= 4 is 27.5 Å². The van der Waals surface area contributed by atoms with Crippen LogP contribution in [0.5, 0.6) is 0 Å². The molecule has 0 atom stereocenters. The van der Waals surface area contributed by atoms with Gasteiger partial charge in [0, 0.05) is 18.7 Å². The Hall–Kier alpha value is -0.940. The summed E-state index contributed by atoms with van der Waals surface area (Å²) in [6.07, 6.45) is 4.14. The average molecular weight is 328 g/mol. The van der Waals surface area contributed by atoms with Crippen LogP contribution in [0.3, 0.4) is 0 Å². The molecule has 0 unspecified atom stereocenters. The maximum absolute atomic E-state index is 6.17. The molecule has 1 fully saturated rings. The van der Waals surface area contributed by atoms with E-state index in [2.05, 4.69) is 31.0 Å². The number of nitrogens with zero attached hydrogens (tertiary/aromatic N) is 4. The summed E-state index contributed by atoms with van der Waals surface area (Å²) in [5, 5.41) is 4.69. The summed E-state index contributed by atoms with van der Waals surface area (Å²) in [5.41, 5.74) is 3.00. The third kappa shape index (κ3) is 1.95. The standard InChI is InChI=1S/C12H12BrClN4/c1-6-8(5-15-18(6)2)12-16-10(7-3-4-7)9(13)11(14)17-12/h5,7H,3-4H2,1-2H3. The quantitative estimate of drug-likeness (QED) is 0.793. The predicted octanol–water partition coefficient (Wildman–Crippen LogP) is 3.48. The van der Waals surface area contributed by atoms with E-state index in [9.17, 15) is 0 Å². The Morgan fingerprint density at radius 1 is 1.39 bits per heavy atom. The second kappa shape index (κ2) is 4.31. The minimum absolute atomic E-state index is 0.477. The lowest BCUT2D eigenvalue weighted by Crippen LogP contribution is -1.99. The third-order valence-electron chi connectivity index (χ3n) is 3.28. The van der Waals surface area contributed by atoms with Crippen LogP contribution in [0.15, 0.2) is 10.7 Å². The highest BCUT2D eigenvalue weighted by Crippen LogP contribution is 2.44. The van der Waals surface area contributed by atoms with Gasteiger partial charge in [-0.3, -0.25) is 4.68 Å². The predicted molar refractivity (Wildman–Crippen MR) is 73.7 cm³/mol. The van der Waals surface area contributed by atoms with Crippen molar-refractivity contribution in [3.63, 3.8) is 0 Å². The molecule has 2 aromatic heterocycles. The van der Waals surface area contributed by atoms with E-state index in [1.807, 2.05) is 18.7 Å². The van der Waals surface area contributed by atoms with E-state index in [4.69, 9.17) is 11.6 Å². The van der Waals surface area contributed by atoms with Crippen molar-refractivity contribution in [3.8, 4) is 11.4 Å². The molecule has 18 heavy (non-hydrogen) atoms. The van der Waals surface area contributed by atoms with Crippen LogP contribution in [-0.4, -0.2) is 19.7 Å². The SMILES string of the molecule is Cc1c(-c2nc(Cl)c(Br)c(C3CC3)n2)cnn1C. The molecule has 1 aliphatic carbocycles. The Balaban J connectivity index is 2.15. The summed E-state index contributed by atoms with van der Waals surface area (Å²) in [4.78, 5) is 8.99. The monoisotopic (exact) mass is 326 g/mol. The van der Waals surface area contributed by atoms with Crippen molar-refractivity contribution in [2.45, 2.75) is 25.7 Å². The number of hydrogen-bond donors (Lipinski definition) is 0. The smallest absolute Gasteiger partial charge is 0.164 e. The van der Waals surface area contributed by atoms with Crippen LogP contribution in [0.4, 0.5) is 0 Å². The Labute approximate surface area is 119 Å². The fourth-order valence-corrected chi connectivity index (χ4v) is 2.58. The van der Waals surface area contributed by atoms with Gasteiger partial charge in [-0.25, -0.2) is 9.97 Å². The normalized spacial score (nSPS) is 15.1. The largest absolute Gasteiger partial charge is 0.272 e. The molecule has 1 saturated carbocycles. The van der Waals surface area contributed by atoms with Gasteiger partial charge in [0.2, 0.25) is 0 Å². The van der Waals surface area contributed by atoms with Gasteiger partial charge in [-0.1, -0.05) is 11.6 Å². The minimum atomic E-state index is 0.477. The molecular formula is C12H12BrClN4. The number of aryl methyl sites for hydroxylation is 1. The number of hydrogen-bond acceptors (Lipinski definition) is 3. The van der Waals surface area contributed by atoms with Gasteiger partial charge >= 0.3 is 0 Å². The lowest BCUT2D eigenvalue weighted by molar-refractivity contribution is 0.740.